The van der Waals surface area contributed by atoms with E-state index in [0.29, 0.717) is 12.2 Å². The Bertz CT molecular complexity index is 965. The summed E-state index contributed by atoms with van der Waals surface area (Å²) in [5.41, 5.74) is -0.0165. The van der Waals surface area contributed by atoms with Crippen LogP contribution < -0.4 is 0 Å². The van der Waals surface area contributed by atoms with Crippen molar-refractivity contribution < 1.29 is 23.8 Å². The van der Waals surface area contributed by atoms with Gasteiger partial charge in [0, 0.05) is 36.0 Å². The maximum atomic E-state index is 14.9. The molecule has 30 heavy (non-hydrogen) atoms. The fourth-order valence-electron chi connectivity index (χ4n) is 5.01. The molecule has 4 rings (SSSR count). The Kier molecular flexibility index (Phi) is 5.59. The minimum absolute atomic E-state index is 0.0260. The van der Waals surface area contributed by atoms with E-state index in [1.807, 2.05) is 0 Å². The average Bonchev–Trinajstić information content (AvgIpc) is 3.19. The Morgan fingerprint density at radius 1 is 1.40 bits per heavy atom. The summed E-state index contributed by atoms with van der Waals surface area (Å²) in [6.07, 6.45) is 2.50. The van der Waals surface area contributed by atoms with E-state index >= 15 is 0 Å². The van der Waals surface area contributed by atoms with E-state index in [-0.39, 0.29) is 29.7 Å². The Morgan fingerprint density at radius 2 is 2.17 bits per heavy atom. The SMILES string of the molecule is COC(=O)C(c1ccccc1F)C1(c2ccn(CCC(=O)O)n2)C2CN1CCC2S. The van der Waals surface area contributed by atoms with E-state index in [4.69, 9.17) is 22.5 Å². The predicted octanol–water partition coefficient (Wildman–Crippen LogP) is 2.28. The van der Waals surface area contributed by atoms with Gasteiger partial charge in [-0.15, -0.1) is 0 Å². The van der Waals surface area contributed by atoms with Gasteiger partial charge in [-0.25, -0.2) is 4.39 Å². The molecular formula is C21H24FN3O4S. The standard InChI is InChI=1S/C21H24FN3O4S/c1-29-20(28)19(13-4-2-3-5-15(13)22)21(14-12-24(21)9-6-16(14)30)17-7-10-25(23-17)11-8-18(26)27/h2-5,7,10,14,16,19,30H,6,8-9,11-12H2,1H3,(H,26,27). The second-order valence-electron chi connectivity index (χ2n) is 7.82. The molecule has 1 N–H and O–H groups in total. The summed E-state index contributed by atoms with van der Waals surface area (Å²) in [4.78, 5) is 26.2. The number of carboxylic acids is 1. The molecule has 2 aliphatic heterocycles. The molecular weight excluding hydrogens is 409 g/mol. The highest BCUT2D eigenvalue weighted by atomic mass is 32.1. The van der Waals surface area contributed by atoms with Crippen molar-refractivity contribution in [2.45, 2.75) is 36.1 Å². The molecule has 1 aromatic heterocycles. The fraction of sp³-hybridized carbons (Fsp3) is 0.476. The van der Waals surface area contributed by atoms with Crippen LogP contribution in [0.4, 0.5) is 4.39 Å². The molecule has 9 heteroatoms. The molecule has 0 spiro atoms. The number of esters is 1. The lowest BCUT2D eigenvalue weighted by Gasteiger charge is -2.65. The van der Waals surface area contributed by atoms with Gasteiger partial charge in [-0.2, -0.15) is 17.7 Å². The van der Waals surface area contributed by atoms with Crippen molar-refractivity contribution in [1.82, 2.24) is 14.7 Å². The molecule has 7 nitrogen and oxygen atoms in total. The summed E-state index contributed by atoms with van der Waals surface area (Å²) in [6, 6.07) is 8.04. The van der Waals surface area contributed by atoms with Crippen LogP contribution in [0.2, 0.25) is 0 Å². The minimum atomic E-state index is -0.916. The first kappa shape index (κ1) is 20.9. The largest absolute Gasteiger partial charge is 0.481 e. The van der Waals surface area contributed by atoms with E-state index in [1.54, 1.807) is 35.1 Å². The number of piperidine rings is 2. The number of aryl methyl sites for hydroxylation is 1. The van der Waals surface area contributed by atoms with Gasteiger partial charge in [-0.3, -0.25) is 19.2 Å². The van der Waals surface area contributed by atoms with Crippen molar-refractivity contribution in [2.24, 2.45) is 5.92 Å². The molecule has 0 radical (unpaired) electrons. The topological polar surface area (TPSA) is 84.7 Å². The number of hydrogen-bond acceptors (Lipinski definition) is 6. The monoisotopic (exact) mass is 433 g/mol. The summed E-state index contributed by atoms with van der Waals surface area (Å²) in [6.45, 7) is 1.65. The van der Waals surface area contributed by atoms with Gasteiger partial charge in [0.05, 0.1) is 31.3 Å². The quantitative estimate of drug-likeness (QED) is 0.515. The molecule has 2 saturated heterocycles. The molecule has 5 atom stereocenters. The molecule has 2 fully saturated rings. The number of ether oxygens (including phenoxy) is 1. The summed E-state index contributed by atoms with van der Waals surface area (Å²) in [7, 11) is 1.30. The fourth-order valence-corrected chi connectivity index (χ4v) is 5.44. The molecule has 3 heterocycles. The minimum Gasteiger partial charge on any atom is -0.481 e. The number of fused-ring (bicyclic) bond motifs is 2. The van der Waals surface area contributed by atoms with Crippen LogP contribution >= 0.6 is 12.6 Å². The van der Waals surface area contributed by atoms with Crippen molar-refractivity contribution in [3.8, 4) is 0 Å². The first-order valence-electron chi connectivity index (χ1n) is 9.90. The maximum absolute atomic E-state index is 14.9. The number of carbonyl (C=O) groups excluding carboxylic acids is 1. The van der Waals surface area contributed by atoms with Crippen LogP contribution in [0.1, 0.15) is 30.0 Å². The van der Waals surface area contributed by atoms with Gasteiger partial charge in [0.2, 0.25) is 0 Å². The first-order valence-corrected chi connectivity index (χ1v) is 10.4. The zero-order valence-electron chi connectivity index (χ0n) is 16.6. The summed E-state index contributed by atoms with van der Waals surface area (Å²) < 4.78 is 21.6. The number of rotatable bonds is 7. The third kappa shape index (κ3) is 3.20. The number of aromatic nitrogens is 2. The van der Waals surface area contributed by atoms with Crippen molar-refractivity contribution in [2.75, 3.05) is 20.2 Å². The van der Waals surface area contributed by atoms with Crippen molar-refractivity contribution in [3.63, 3.8) is 0 Å². The van der Waals surface area contributed by atoms with Gasteiger partial charge in [-0.1, -0.05) is 18.2 Å². The second kappa shape index (κ2) is 8.03. The van der Waals surface area contributed by atoms with E-state index < -0.39 is 29.2 Å². The summed E-state index contributed by atoms with van der Waals surface area (Å²) >= 11 is 4.78. The van der Waals surface area contributed by atoms with Crippen molar-refractivity contribution >= 4 is 24.6 Å². The van der Waals surface area contributed by atoms with Crippen LogP contribution in [-0.4, -0.2) is 57.2 Å². The highest BCUT2D eigenvalue weighted by Gasteiger charge is 2.66. The highest BCUT2D eigenvalue weighted by Crippen LogP contribution is 2.59. The number of hydrogen-bond donors (Lipinski definition) is 2. The number of aliphatic carboxylic acids is 1. The predicted molar refractivity (Wildman–Crippen MR) is 110 cm³/mol. The molecule has 2 aliphatic rings. The number of carbonyl (C=O) groups is 2. The molecule has 0 aliphatic carbocycles. The lowest BCUT2D eigenvalue weighted by Crippen LogP contribution is -2.74. The molecule has 2 aromatic rings. The van der Waals surface area contributed by atoms with Gasteiger partial charge >= 0.3 is 11.9 Å². The van der Waals surface area contributed by atoms with Crippen LogP contribution in [0, 0.1) is 11.7 Å². The highest BCUT2D eigenvalue weighted by molar-refractivity contribution is 7.81. The van der Waals surface area contributed by atoms with Crippen LogP contribution in [0.15, 0.2) is 36.5 Å². The van der Waals surface area contributed by atoms with Gasteiger partial charge in [0.25, 0.3) is 0 Å². The molecule has 2 bridgehead atoms. The van der Waals surface area contributed by atoms with E-state index in [9.17, 15) is 14.0 Å². The van der Waals surface area contributed by atoms with Crippen molar-refractivity contribution in [1.29, 1.82) is 0 Å². The zero-order chi connectivity index (χ0) is 21.5. The van der Waals surface area contributed by atoms with Gasteiger partial charge in [0.1, 0.15) is 11.7 Å². The normalized spacial score (nSPS) is 28.4. The van der Waals surface area contributed by atoms with E-state index in [1.165, 1.54) is 13.2 Å². The first-order chi connectivity index (χ1) is 14.4. The molecule has 0 saturated carbocycles. The van der Waals surface area contributed by atoms with Crippen LogP contribution in [-0.2, 0) is 26.4 Å². The van der Waals surface area contributed by atoms with Crippen molar-refractivity contribution in [3.05, 3.63) is 53.6 Å². The van der Waals surface area contributed by atoms with Gasteiger partial charge < -0.3 is 9.84 Å². The smallest absolute Gasteiger partial charge is 0.315 e. The molecule has 0 amide bonds. The third-order valence-corrected chi connectivity index (χ3v) is 6.98. The zero-order valence-corrected chi connectivity index (χ0v) is 17.5. The number of benzene rings is 1. The third-order valence-electron chi connectivity index (χ3n) is 6.36. The maximum Gasteiger partial charge on any atom is 0.315 e. The lowest BCUT2D eigenvalue weighted by atomic mass is 9.58. The number of methoxy groups -OCH3 is 1. The molecule has 1 aromatic carbocycles. The van der Waals surface area contributed by atoms with Gasteiger partial charge in [0.15, 0.2) is 0 Å². The van der Waals surface area contributed by atoms with E-state index in [2.05, 4.69) is 10.00 Å². The Hall–Kier alpha value is -2.39. The summed E-state index contributed by atoms with van der Waals surface area (Å²) in [5.74, 6) is -2.86. The Balaban J connectivity index is 1.85. The van der Waals surface area contributed by atoms with Crippen LogP contribution in [0.5, 0.6) is 0 Å². The van der Waals surface area contributed by atoms with Gasteiger partial charge in [-0.05, 0) is 18.6 Å². The molecule has 160 valence electrons. The number of carboxylic acid groups (broad SMARTS) is 1. The van der Waals surface area contributed by atoms with Crippen LogP contribution in [0.3, 0.4) is 0 Å². The lowest BCUT2D eigenvalue weighted by molar-refractivity contribution is -0.171. The number of halogens is 1. The average molecular weight is 434 g/mol. The van der Waals surface area contributed by atoms with E-state index in [0.717, 1.165) is 13.0 Å². The Labute approximate surface area is 179 Å². The molecule has 5 unspecified atom stereocenters. The summed E-state index contributed by atoms with van der Waals surface area (Å²) in [5, 5.41) is 13.6. The Morgan fingerprint density at radius 3 is 2.80 bits per heavy atom. The second-order valence-corrected chi connectivity index (χ2v) is 8.48. The van der Waals surface area contributed by atoms with Crippen LogP contribution in [0.25, 0.3) is 0 Å². The number of thiol groups is 1. The number of nitrogens with zero attached hydrogens (tertiary/aromatic N) is 3.